The van der Waals surface area contributed by atoms with Crippen molar-refractivity contribution in [1.82, 2.24) is 10.3 Å². The van der Waals surface area contributed by atoms with Crippen LogP contribution in [0.15, 0.2) is 35.2 Å². The molecule has 0 radical (unpaired) electrons. The molecule has 0 aliphatic rings. The standard InChI is InChI=1S/C15H18N2O3S/c1-2-19-13-5-3-4-6-14(13)20-9-15(18)16-8-7-12-10-21-11-17-12/h3-6,10-11H,2,7-9H2,1H3,(H,16,18). The van der Waals surface area contributed by atoms with Crippen molar-refractivity contribution < 1.29 is 14.3 Å². The summed E-state index contributed by atoms with van der Waals surface area (Å²) in [4.78, 5) is 15.9. The van der Waals surface area contributed by atoms with Crippen LogP contribution in [0, 0.1) is 0 Å². The van der Waals surface area contributed by atoms with E-state index >= 15 is 0 Å². The summed E-state index contributed by atoms with van der Waals surface area (Å²) in [6, 6.07) is 7.32. The lowest BCUT2D eigenvalue weighted by atomic mass is 10.3. The zero-order chi connectivity index (χ0) is 14.9. The van der Waals surface area contributed by atoms with Crippen molar-refractivity contribution in [2.75, 3.05) is 19.8 Å². The molecule has 1 aromatic heterocycles. The highest BCUT2D eigenvalue weighted by atomic mass is 32.1. The number of carbonyl (C=O) groups is 1. The molecule has 112 valence electrons. The van der Waals surface area contributed by atoms with E-state index in [1.54, 1.807) is 22.9 Å². The summed E-state index contributed by atoms with van der Waals surface area (Å²) in [6.07, 6.45) is 0.727. The summed E-state index contributed by atoms with van der Waals surface area (Å²) in [6.45, 7) is 2.99. The van der Waals surface area contributed by atoms with Crippen molar-refractivity contribution in [3.63, 3.8) is 0 Å². The van der Waals surface area contributed by atoms with Gasteiger partial charge in [0.05, 0.1) is 17.8 Å². The monoisotopic (exact) mass is 306 g/mol. The fraction of sp³-hybridized carbons (Fsp3) is 0.333. The predicted molar refractivity (Wildman–Crippen MR) is 81.9 cm³/mol. The lowest BCUT2D eigenvalue weighted by Crippen LogP contribution is -2.30. The predicted octanol–water partition coefficient (Wildman–Crippen LogP) is 2.28. The average Bonchev–Trinajstić information content (AvgIpc) is 3.00. The summed E-state index contributed by atoms with van der Waals surface area (Å²) < 4.78 is 10.9. The van der Waals surface area contributed by atoms with Crippen LogP contribution < -0.4 is 14.8 Å². The zero-order valence-electron chi connectivity index (χ0n) is 11.9. The van der Waals surface area contributed by atoms with Gasteiger partial charge in [-0.3, -0.25) is 4.79 Å². The topological polar surface area (TPSA) is 60.5 Å². The minimum atomic E-state index is -0.156. The molecule has 6 heteroatoms. The second-order valence-electron chi connectivity index (χ2n) is 4.25. The Morgan fingerprint density at radius 2 is 2.05 bits per heavy atom. The number of benzene rings is 1. The maximum Gasteiger partial charge on any atom is 0.257 e. The molecule has 0 fully saturated rings. The lowest BCUT2D eigenvalue weighted by Gasteiger charge is -2.11. The Bertz CT molecular complexity index is 558. The average molecular weight is 306 g/mol. The third kappa shape index (κ3) is 5.07. The van der Waals surface area contributed by atoms with E-state index < -0.39 is 0 Å². The Balaban J connectivity index is 1.73. The van der Waals surface area contributed by atoms with Crippen LogP contribution >= 0.6 is 11.3 Å². The molecule has 1 aromatic carbocycles. The molecule has 0 saturated heterocycles. The van der Waals surface area contributed by atoms with Crippen molar-refractivity contribution in [3.05, 3.63) is 40.8 Å². The molecule has 2 aromatic rings. The van der Waals surface area contributed by atoms with Gasteiger partial charge in [0, 0.05) is 18.3 Å². The molecule has 0 unspecified atom stereocenters. The molecular weight excluding hydrogens is 288 g/mol. The summed E-state index contributed by atoms with van der Waals surface area (Å²) in [7, 11) is 0. The van der Waals surface area contributed by atoms with Gasteiger partial charge >= 0.3 is 0 Å². The molecule has 0 saturated carbocycles. The van der Waals surface area contributed by atoms with Crippen LogP contribution in [0.4, 0.5) is 0 Å². The Hall–Kier alpha value is -2.08. The second-order valence-corrected chi connectivity index (χ2v) is 4.97. The quantitative estimate of drug-likeness (QED) is 0.813. The van der Waals surface area contributed by atoms with Crippen LogP contribution in [0.25, 0.3) is 0 Å². The van der Waals surface area contributed by atoms with Crippen molar-refractivity contribution in [1.29, 1.82) is 0 Å². The van der Waals surface area contributed by atoms with E-state index in [9.17, 15) is 4.79 Å². The Morgan fingerprint density at radius 1 is 1.29 bits per heavy atom. The summed E-state index contributed by atoms with van der Waals surface area (Å²) in [5.41, 5.74) is 2.77. The first-order valence-electron chi connectivity index (χ1n) is 6.78. The number of nitrogens with zero attached hydrogens (tertiary/aromatic N) is 1. The highest BCUT2D eigenvalue weighted by molar-refractivity contribution is 7.07. The van der Waals surface area contributed by atoms with Gasteiger partial charge in [0.15, 0.2) is 18.1 Å². The minimum absolute atomic E-state index is 0.0266. The van der Waals surface area contributed by atoms with Crippen LogP contribution in [0.3, 0.4) is 0 Å². The molecule has 0 aliphatic heterocycles. The van der Waals surface area contributed by atoms with Crippen molar-refractivity contribution in [2.45, 2.75) is 13.3 Å². The molecule has 0 spiro atoms. The van der Waals surface area contributed by atoms with E-state index in [2.05, 4.69) is 10.3 Å². The van der Waals surface area contributed by atoms with Crippen LogP contribution in [-0.4, -0.2) is 30.6 Å². The number of hydrogen-bond donors (Lipinski definition) is 1. The molecule has 1 amide bonds. The van der Waals surface area contributed by atoms with Crippen molar-refractivity contribution in [2.24, 2.45) is 0 Å². The zero-order valence-corrected chi connectivity index (χ0v) is 12.7. The van der Waals surface area contributed by atoms with E-state index in [0.717, 1.165) is 12.1 Å². The van der Waals surface area contributed by atoms with Crippen LogP contribution in [0.1, 0.15) is 12.6 Å². The highest BCUT2D eigenvalue weighted by Crippen LogP contribution is 2.26. The molecule has 0 bridgehead atoms. The first-order valence-corrected chi connectivity index (χ1v) is 7.72. The number of hydrogen-bond acceptors (Lipinski definition) is 5. The first-order chi connectivity index (χ1) is 10.3. The molecule has 5 nitrogen and oxygen atoms in total. The smallest absolute Gasteiger partial charge is 0.257 e. The maximum absolute atomic E-state index is 11.7. The largest absolute Gasteiger partial charge is 0.490 e. The molecule has 1 N–H and O–H groups in total. The van der Waals surface area contributed by atoms with Crippen molar-refractivity contribution >= 4 is 17.2 Å². The van der Waals surface area contributed by atoms with Gasteiger partial charge < -0.3 is 14.8 Å². The van der Waals surface area contributed by atoms with E-state index in [-0.39, 0.29) is 12.5 Å². The molecule has 0 atom stereocenters. The van der Waals surface area contributed by atoms with Gasteiger partial charge in [-0.25, -0.2) is 4.98 Å². The van der Waals surface area contributed by atoms with E-state index in [1.165, 1.54) is 0 Å². The van der Waals surface area contributed by atoms with Crippen LogP contribution in [-0.2, 0) is 11.2 Å². The van der Waals surface area contributed by atoms with Gasteiger partial charge in [-0.15, -0.1) is 11.3 Å². The molecule has 2 rings (SSSR count). The summed E-state index contributed by atoms with van der Waals surface area (Å²) >= 11 is 1.55. The Kier molecular flexibility index (Phi) is 6.02. The molecule has 1 heterocycles. The molecular formula is C15H18N2O3S. The second kappa shape index (κ2) is 8.26. The minimum Gasteiger partial charge on any atom is -0.490 e. The fourth-order valence-electron chi connectivity index (χ4n) is 1.73. The first kappa shape index (κ1) is 15.3. The summed E-state index contributed by atoms with van der Waals surface area (Å²) in [5, 5.41) is 4.78. The van der Waals surface area contributed by atoms with Gasteiger partial charge in [0.2, 0.25) is 0 Å². The van der Waals surface area contributed by atoms with Gasteiger partial charge in [0.1, 0.15) is 0 Å². The van der Waals surface area contributed by atoms with Crippen LogP contribution in [0.2, 0.25) is 0 Å². The normalized spacial score (nSPS) is 10.1. The van der Waals surface area contributed by atoms with Gasteiger partial charge in [-0.05, 0) is 19.1 Å². The Labute approximate surface area is 127 Å². The maximum atomic E-state index is 11.7. The number of nitrogens with one attached hydrogen (secondary N) is 1. The van der Waals surface area contributed by atoms with Gasteiger partial charge in [0.25, 0.3) is 5.91 Å². The lowest BCUT2D eigenvalue weighted by molar-refractivity contribution is -0.123. The number of para-hydroxylation sites is 2. The number of carbonyl (C=O) groups excluding carboxylic acids is 1. The number of aromatic nitrogens is 1. The van der Waals surface area contributed by atoms with Gasteiger partial charge in [-0.2, -0.15) is 0 Å². The van der Waals surface area contributed by atoms with E-state index in [4.69, 9.17) is 9.47 Å². The number of amides is 1. The Morgan fingerprint density at radius 3 is 2.71 bits per heavy atom. The molecule has 0 aliphatic carbocycles. The SMILES string of the molecule is CCOc1ccccc1OCC(=O)NCCc1cscn1. The number of ether oxygens (including phenoxy) is 2. The third-order valence-electron chi connectivity index (χ3n) is 2.69. The highest BCUT2D eigenvalue weighted by Gasteiger charge is 2.07. The van der Waals surface area contributed by atoms with Crippen molar-refractivity contribution in [3.8, 4) is 11.5 Å². The number of rotatable bonds is 8. The van der Waals surface area contributed by atoms with Crippen LogP contribution in [0.5, 0.6) is 11.5 Å². The molecule has 21 heavy (non-hydrogen) atoms. The fourth-order valence-corrected chi connectivity index (χ4v) is 2.32. The third-order valence-corrected chi connectivity index (χ3v) is 3.33. The summed E-state index contributed by atoms with van der Waals surface area (Å²) in [5.74, 6) is 1.07. The van der Waals surface area contributed by atoms with E-state index in [0.29, 0.717) is 24.7 Å². The van der Waals surface area contributed by atoms with E-state index in [1.807, 2.05) is 30.5 Å². The van der Waals surface area contributed by atoms with Gasteiger partial charge in [-0.1, -0.05) is 12.1 Å². The number of thiazole rings is 1.